The van der Waals surface area contributed by atoms with Crippen molar-refractivity contribution in [1.29, 1.82) is 0 Å². The van der Waals surface area contributed by atoms with Crippen LogP contribution in [0.25, 0.3) is 0 Å². The van der Waals surface area contributed by atoms with Crippen LogP contribution < -0.4 is 26.1 Å². The van der Waals surface area contributed by atoms with Crippen LogP contribution in [0.5, 0.6) is 0 Å². The largest absolute Gasteiger partial charge is 0.457 e. The van der Waals surface area contributed by atoms with Crippen LogP contribution in [0, 0.1) is 0 Å². The van der Waals surface area contributed by atoms with Gasteiger partial charge < -0.3 is 28.7 Å². The second-order valence-corrected chi connectivity index (χ2v) is 24.1. The van der Waals surface area contributed by atoms with Gasteiger partial charge in [0.25, 0.3) is 16.6 Å². The van der Waals surface area contributed by atoms with E-state index >= 15 is 0 Å². The van der Waals surface area contributed by atoms with Crippen molar-refractivity contribution in [3.05, 3.63) is 121 Å². The molecule has 4 aromatic rings. The Morgan fingerprint density at radius 1 is 0.692 bits per heavy atom. The van der Waals surface area contributed by atoms with Gasteiger partial charge in [-0.05, 0) is 30.8 Å². The lowest BCUT2D eigenvalue weighted by Gasteiger charge is -2.47. The third kappa shape index (κ3) is 7.88. The second kappa shape index (κ2) is 16.0. The Bertz CT molecular complexity index is 1680. The van der Waals surface area contributed by atoms with Crippen molar-refractivity contribution in [3.63, 3.8) is 0 Å². The normalized spacial score (nSPS) is 20.2. The number of hydrogen-bond donors (Lipinski definition) is 2. The van der Waals surface area contributed by atoms with E-state index in [0.29, 0.717) is 0 Å². The lowest BCUT2D eigenvalue weighted by molar-refractivity contribution is -0.171. The fraction of sp³-hybridized carbons (Fsp3) is 0.381. The summed E-state index contributed by atoms with van der Waals surface area (Å²) in [5, 5.41) is 17.8. The number of carbonyl (C=O) groups excluding carboxylic acids is 2. The van der Waals surface area contributed by atoms with E-state index in [1.54, 1.807) is 0 Å². The molecule has 1 heterocycles. The Balaban J connectivity index is 1.67. The molecule has 0 bridgehead atoms. The minimum atomic E-state index is -3.27. The Hall–Kier alpha value is -3.91. The summed E-state index contributed by atoms with van der Waals surface area (Å²) in [6.07, 6.45) is -4.38. The maximum absolute atomic E-state index is 12.9. The SMILES string of the molecule is CC(=O)N[C@@H]1[C@@H](O[Si](c2ccccc2)(c2ccccc2)C(C)(C)C)[C@@H]([C@@H](CO[Si](c2ccccc2)(c2ccccc2)C(C)(C)C)OC(C)=O)O[C@H]1O. The smallest absolute Gasteiger partial charge is 0.303 e. The van der Waals surface area contributed by atoms with Crippen molar-refractivity contribution in [2.24, 2.45) is 0 Å². The minimum Gasteiger partial charge on any atom is -0.457 e. The van der Waals surface area contributed by atoms with E-state index in [-0.39, 0.29) is 17.6 Å². The fourth-order valence-electron chi connectivity index (χ4n) is 7.79. The van der Waals surface area contributed by atoms with Crippen molar-refractivity contribution < 1.29 is 33.0 Å². The van der Waals surface area contributed by atoms with Gasteiger partial charge in [-0.15, -0.1) is 0 Å². The van der Waals surface area contributed by atoms with Gasteiger partial charge in [-0.2, -0.15) is 0 Å². The van der Waals surface area contributed by atoms with E-state index in [9.17, 15) is 14.7 Å². The molecule has 1 aliphatic rings. The second-order valence-electron chi connectivity index (χ2n) is 15.6. The number of nitrogens with one attached hydrogen (secondary N) is 1. The average molecular weight is 740 g/mol. The van der Waals surface area contributed by atoms with Gasteiger partial charge in [0.1, 0.15) is 18.2 Å². The molecular formula is C42H53NO7Si2. The first-order valence-electron chi connectivity index (χ1n) is 17.9. The molecule has 0 radical (unpaired) electrons. The third-order valence-electron chi connectivity index (χ3n) is 9.95. The lowest BCUT2D eigenvalue weighted by Crippen LogP contribution is -2.70. The van der Waals surface area contributed by atoms with Gasteiger partial charge in [-0.3, -0.25) is 9.59 Å². The molecule has 4 aromatic carbocycles. The molecule has 2 N–H and O–H groups in total. The Morgan fingerprint density at radius 2 is 1.08 bits per heavy atom. The number of amides is 1. The molecule has 10 heteroatoms. The molecular weight excluding hydrogens is 687 g/mol. The van der Waals surface area contributed by atoms with Gasteiger partial charge in [-0.25, -0.2) is 0 Å². The number of benzene rings is 4. The van der Waals surface area contributed by atoms with Crippen molar-refractivity contribution in [2.45, 2.75) is 96.1 Å². The number of aliphatic hydroxyl groups excluding tert-OH is 1. The summed E-state index contributed by atoms with van der Waals surface area (Å²) in [7, 11) is -6.36. The van der Waals surface area contributed by atoms with Crippen molar-refractivity contribution >= 4 is 49.3 Å². The number of aliphatic hydroxyl groups is 1. The molecule has 0 unspecified atom stereocenters. The molecule has 0 spiro atoms. The molecule has 52 heavy (non-hydrogen) atoms. The number of ether oxygens (including phenoxy) is 2. The average Bonchev–Trinajstić information content (AvgIpc) is 3.40. The minimum absolute atomic E-state index is 0.0440. The number of hydrogen-bond acceptors (Lipinski definition) is 7. The van der Waals surface area contributed by atoms with Crippen LogP contribution in [0.3, 0.4) is 0 Å². The summed E-state index contributed by atoms with van der Waals surface area (Å²) in [5.41, 5.74) is 0. The Labute approximate surface area is 310 Å². The molecule has 1 amide bonds. The molecule has 1 saturated heterocycles. The lowest BCUT2D eigenvalue weighted by atomic mass is 10.0. The van der Waals surface area contributed by atoms with Gasteiger partial charge in [-0.1, -0.05) is 163 Å². The first kappa shape index (κ1) is 39.3. The summed E-state index contributed by atoms with van der Waals surface area (Å²) in [6, 6.07) is 39.7. The van der Waals surface area contributed by atoms with E-state index < -0.39 is 58.3 Å². The summed E-state index contributed by atoms with van der Waals surface area (Å²) in [5.74, 6) is -0.877. The highest BCUT2D eigenvalue weighted by atomic mass is 28.4. The van der Waals surface area contributed by atoms with E-state index in [0.717, 1.165) is 20.7 Å². The van der Waals surface area contributed by atoms with Gasteiger partial charge in [0, 0.05) is 13.8 Å². The number of rotatable bonds is 12. The summed E-state index contributed by atoms with van der Waals surface area (Å²) in [6.45, 7) is 15.7. The topological polar surface area (TPSA) is 103 Å². The molecule has 0 aromatic heterocycles. The summed E-state index contributed by atoms with van der Waals surface area (Å²) >= 11 is 0. The highest BCUT2D eigenvalue weighted by molar-refractivity contribution is 7.00. The van der Waals surface area contributed by atoms with Crippen molar-refractivity contribution in [3.8, 4) is 0 Å². The molecule has 1 fully saturated rings. The summed E-state index contributed by atoms with van der Waals surface area (Å²) < 4.78 is 27.3. The van der Waals surface area contributed by atoms with E-state index in [1.165, 1.54) is 13.8 Å². The van der Waals surface area contributed by atoms with Gasteiger partial charge >= 0.3 is 5.97 Å². The van der Waals surface area contributed by atoms with E-state index in [4.69, 9.17) is 18.3 Å². The predicted octanol–water partition coefficient (Wildman–Crippen LogP) is 4.66. The molecule has 5 atom stereocenters. The van der Waals surface area contributed by atoms with Crippen molar-refractivity contribution in [1.82, 2.24) is 5.32 Å². The summed E-state index contributed by atoms with van der Waals surface area (Å²) in [4.78, 5) is 25.6. The van der Waals surface area contributed by atoms with Crippen LogP contribution in [0.4, 0.5) is 0 Å². The van der Waals surface area contributed by atoms with Crippen LogP contribution in [0.2, 0.25) is 10.1 Å². The van der Waals surface area contributed by atoms with Gasteiger partial charge in [0.05, 0.1) is 6.61 Å². The third-order valence-corrected chi connectivity index (χ3v) is 20.0. The van der Waals surface area contributed by atoms with Crippen LogP contribution in [-0.4, -0.2) is 70.9 Å². The highest BCUT2D eigenvalue weighted by Gasteiger charge is 2.59. The van der Waals surface area contributed by atoms with Crippen LogP contribution in [-0.2, 0) is 27.9 Å². The number of esters is 1. The molecule has 8 nitrogen and oxygen atoms in total. The molecule has 276 valence electrons. The maximum atomic E-state index is 12.9. The van der Waals surface area contributed by atoms with E-state index in [1.807, 2.05) is 72.8 Å². The zero-order valence-electron chi connectivity index (χ0n) is 31.5. The van der Waals surface area contributed by atoms with Crippen molar-refractivity contribution in [2.75, 3.05) is 6.61 Å². The Morgan fingerprint density at radius 3 is 1.42 bits per heavy atom. The number of carbonyl (C=O) groups is 2. The first-order chi connectivity index (χ1) is 24.6. The van der Waals surface area contributed by atoms with Crippen LogP contribution >= 0.6 is 0 Å². The zero-order chi connectivity index (χ0) is 37.7. The predicted molar refractivity (Wildman–Crippen MR) is 210 cm³/mol. The standard InChI is InChI=1S/C42H53NO7Si2/c1-30(44)43-37-39(50-52(42(6,7)8,34-25-17-11-18-26-34)35-27-19-12-20-28-35)38(49-40(37)46)36(48-31(2)45)29-47-51(41(3,4)5,32-21-13-9-14-22-32)33-23-15-10-16-24-33/h9-28,36-40,46H,29H2,1-8H3,(H,43,44)/t36-,37-,38-,39-,40-/m1/s1. The maximum Gasteiger partial charge on any atom is 0.303 e. The molecule has 1 aliphatic heterocycles. The zero-order valence-corrected chi connectivity index (χ0v) is 33.5. The Kier molecular flexibility index (Phi) is 12.1. The molecule has 5 rings (SSSR count). The van der Waals surface area contributed by atoms with Gasteiger partial charge in [0.15, 0.2) is 12.4 Å². The van der Waals surface area contributed by atoms with E-state index in [2.05, 4.69) is 95.4 Å². The van der Waals surface area contributed by atoms with Crippen LogP contribution in [0.1, 0.15) is 55.4 Å². The molecule has 0 saturated carbocycles. The monoisotopic (exact) mass is 739 g/mol. The van der Waals surface area contributed by atoms with Gasteiger partial charge in [0.2, 0.25) is 5.91 Å². The fourth-order valence-corrected chi connectivity index (χ4v) is 17.1. The quantitative estimate of drug-likeness (QED) is 0.161. The molecule has 0 aliphatic carbocycles. The highest BCUT2D eigenvalue weighted by Crippen LogP contribution is 2.41. The van der Waals surface area contributed by atoms with Crippen LogP contribution in [0.15, 0.2) is 121 Å². The first-order valence-corrected chi connectivity index (χ1v) is 21.7.